The molecule has 0 fully saturated rings. The maximum Gasteiger partial charge on any atom is 0.252 e. The Morgan fingerprint density at radius 1 is 1.25 bits per heavy atom. The van der Waals surface area contributed by atoms with Crippen LogP contribution in [0.1, 0.15) is 40.1 Å². The molecule has 5 nitrogen and oxygen atoms in total. The number of benzene rings is 1. The van der Waals surface area contributed by atoms with Crippen LogP contribution in [-0.2, 0) is 0 Å². The monoisotopic (exact) mass is 322 g/mol. The van der Waals surface area contributed by atoms with Crippen molar-refractivity contribution in [1.82, 2.24) is 19.9 Å². The number of pyridine rings is 1. The van der Waals surface area contributed by atoms with E-state index in [1.54, 1.807) is 12.5 Å². The molecule has 0 aliphatic carbocycles. The molecule has 0 bridgehead atoms. The van der Waals surface area contributed by atoms with E-state index in [1.165, 1.54) is 0 Å². The average Bonchev–Trinajstić information content (AvgIpc) is 3.07. The number of amides is 1. The SMILES string of the molecule is Cc1cc(C)c2nc(C)cc(C(=O)NC[C@H](C)n3ccnc3)c2c1. The van der Waals surface area contributed by atoms with Crippen molar-refractivity contribution in [1.29, 1.82) is 0 Å². The second-order valence-electron chi connectivity index (χ2n) is 6.36. The molecule has 0 aliphatic heterocycles. The van der Waals surface area contributed by atoms with E-state index in [-0.39, 0.29) is 11.9 Å². The van der Waals surface area contributed by atoms with E-state index in [0.29, 0.717) is 12.1 Å². The Labute approximate surface area is 141 Å². The summed E-state index contributed by atoms with van der Waals surface area (Å²) in [6.45, 7) is 8.58. The number of rotatable bonds is 4. The third-order valence-electron chi connectivity index (χ3n) is 4.21. The number of nitrogens with one attached hydrogen (secondary N) is 1. The van der Waals surface area contributed by atoms with Gasteiger partial charge in [0, 0.05) is 36.1 Å². The van der Waals surface area contributed by atoms with Crippen molar-refractivity contribution in [3.63, 3.8) is 0 Å². The molecule has 0 saturated carbocycles. The van der Waals surface area contributed by atoms with Gasteiger partial charge in [0.25, 0.3) is 5.91 Å². The lowest BCUT2D eigenvalue weighted by Gasteiger charge is -2.15. The predicted octanol–water partition coefficient (Wildman–Crippen LogP) is 3.35. The first-order valence-electron chi connectivity index (χ1n) is 8.10. The number of carbonyl (C=O) groups is 1. The van der Waals surface area contributed by atoms with E-state index in [0.717, 1.165) is 27.7 Å². The number of nitrogens with zero attached hydrogens (tertiary/aromatic N) is 3. The van der Waals surface area contributed by atoms with Crippen LogP contribution >= 0.6 is 0 Å². The molecule has 2 heterocycles. The first kappa shape index (κ1) is 16.2. The summed E-state index contributed by atoms with van der Waals surface area (Å²) in [7, 11) is 0. The Kier molecular flexibility index (Phi) is 4.34. The van der Waals surface area contributed by atoms with E-state index in [1.807, 2.05) is 50.6 Å². The number of hydrogen-bond acceptors (Lipinski definition) is 3. The highest BCUT2D eigenvalue weighted by Crippen LogP contribution is 2.23. The van der Waals surface area contributed by atoms with Crippen molar-refractivity contribution in [3.05, 3.63) is 59.3 Å². The second kappa shape index (κ2) is 6.43. The number of hydrogen-bond donors (Lipinski definition) is 1. The van der Waals surface area contributed by atoms with Crippen LogP contribution in [-0.4, -0.2) is 27.0 Å². The molecule has 1 atom stereocenters. The van der Waals surface area contributed by atoms with Crippen molar-refractivity contribution in [2.45, 2.75) is 33.7 Å². The molecule has 3 aromatic rings. The fourth-order valence-electron chi connectivity index (χ4n) is 2.97. The van der Waals surface area contributed by atoms with Crippen LogP contribution in [0.15, 0.2) is 36.9 Å². The minimum atomic E-state index is -0.0672. The lowest BCUT2D eigenvalue weighted by atomic mass is 10.0. The van der Waals surface area contributed by atoms with Gasteiger partial charge in [-0.25, -0.2) is 4.98 Å². The van der Waals surface area contributed by atoms with Gasteiger partial charge in [-0.2, -0.15) is 0 Å². The topological polar surface area (TPSA) is 59.8 Å². The Morgan fingerprint density at radius 2 is 2.04 bits per heavy atom. The smallest absolute Gasteiger partial charge is 0.252 e. The lowest BCUT2D eigenvalue weighted by molar-refractivity contribution is 0.0950. The molecule has 1 amide bonds. The normalized spacial score (nSPS) is 12.3. The van der Waals surface area contributed by atoms with Crippen LogP contribution in [0.4, 0.5) is 0 Å². The van der Waals surface area contributed by atoms with Crippen LogP contribution in [0.3, 0.4) is 0 Å². The van der Waals surface area contributed by atoms with Crippen molar-refractivity contribution in [3.8, 4) is 0 Å². The van der Waals surface area contributed by atoms with Crippen LogP contribution in [0.2, 0.25) is 0 Å². The number of imidazole rings is 1. The molecule has 5 heteroatoms. The lowest BCUT2D eigenvalue weighted by Crippen LogP contribution is -2.29. The summed E-state index contributed by atoms with van der Waals surface area (Å²) < 4.78 is 1.98. The maximum atomic E-state index is 12.7. The summed E-state index contributed by atoms with van der Waals surface area (Å²) in [5, 5.41) is 3.94. The van der Waals surface area contributed by atoms with Gasteiger partial charge >= 0.3 is 0 Å². The van der Waals surface area contributed by atoms with Gasteiger partial charge in [0.2, 0.25) is 0 Å². The van der Waals surface area contributed by atoms with Crippen LogP contribution in [0, 0.1) is 20.8 Å². The van der Waals surface area contributed by atoms with Crippen molar-refractivity contribution in [2.24, 2.45) is 0 Å². The van der Waals surface area contributed by atoms with Gasteiger partial charge in [0.15, 0.2) is 0 Å². The highest BCUT2D eigenvalue weighted by atomic mass is 16.1. The Morgan fingerprint density at radius 3 is 2.75 bits per heavy atom. The Hall–Kier alpha value is -2.69. The third kappa shape index (κ3) is 3.15. The van der Waals surface area contributed by atoms with Crippen molar-refractivity contribution < 1.29 is 4.79 Å². The molecular formula is C19H22N4O. The van der Waals surface area contributed by atoms with Crippen molar-refractivity contribution >= 4 is 16.8 Å². The molecule has 0 unspecified atom stereocenters. The number of carbonyl (C=O) groups excluding carboxylic acids is 1. The molecule has 124 valence electrons. The fourth-order valence-corrected chi connectivity index (χ4v) is 2.97. The largest absolute Gasteiger partial charge is 0.350 e. The Balaban J connectivity index is 1.89. The van der Waals surface area contributed by atoms with Crippen molar-refractivity contribution in [2.75, 3.05) is 6.54 Å². The number of aromatic nitrogens is 3. The first-order valence-corrected chi connectivity index (χ1v) is 8.10. The third-order valence-corrected chi connectivity index (χ3v) is 4.21. The molecule has 1 N–H and O–H groups in total. The first-order chi connectivity index (χ1) is 11.5. The van der Waals surface area contributed by atoms with E-state index < -0.39 is 0 Å². The molecule has 1 aromatic carbocycles. The Bertz CT molecular complexity index is 884. The fraction of sp³-hybridized carbons (Fsp3) is 0.316. The maximum absolute atomic E-state index is 12.7. The molecule has 3 rings (SSSR count). The van der Waals surface area contributed by atoms with Gasteiger partial charge in [0.1, 0.15) is 0 Å². The van der Waals surface area contributed by atoms with Gasteiger partial charge in [-0.3, -0.25) is 9.78 Å². The average molecular weight is 322 g/mol. The van der Waals surface area contributed by atoms with Gasteiger partial charge < -0.3 is 9.88 Å². The van der Waals surface area contributed by atoms with Gasteiger partial charge in [-0.1, -0.05) is 11.6 Å². The summed E-state index contributed by atoms with van der Waals surface area (Å²) >= 11 is 0. The minimum Gasteiger partial charge on any atom is -0.350 e. The predicted molar refractivity (Wildman–Crippen MR) is 95.2 cm³/mol. The van der Waals surface area contributed by atoms with Crippen LogP contribution < -0.4 is 5.32 Å². The summed E-state index contributed by atoms with van der Waals surface area (Å²) in [5.74, 6) is -0.0672. The van der Waals surface area contributed by atoms with E-state index in [4.69, 9.17) is 0 Å². The number of aryl methyl sites for hydroxylation is 3. The highest BCUT2D eigenvalue weighted by molar-refractivity contribution is 6.07. The molecule has 0 saturated heterocycles. The van der Waals surface area contributed by atoms with E-state index in [9.17, 15) is 4.79 Å². The molecule has 0 spiro atoms. The molecule has 24 heavy (non-hydrogen) atoms. The molecule has 0 aliphatic rings. The second-order valence-corrected chi connectivity index (χ2v) is 6.36. The van der Waals surface area contributed by atoms with E-state index >= 15 is 0 Å². The zero-order valence-corrected chi connectivity index (χ0v) is 14.5. The van der Waals surface area contributed by atoms with Gasteiger partial charge in [0.05, 0.1) is 17.4 Å². The summed E-state index contributed by atoms with van der Waals surface area (Å²) in [6.07, 6.45) is 5.40. The van der Waals surface area contributed by atoms with Crippen LogP contribution in [0.5, 0.6) is 0 Å². The molecule has 0 radical (unpaired) electrons. The highest BCUT2D eigenvalue weighted by Gasteiger charge is 2.15. The quantitative estimate of drug-likeness (QED) is 0.801. The van der Waals surface area contributed by atoms with Gasteiger partial charge in [-0.05, 0) is 45.4 Å². The summed E-state index contributed by atoms with van der Waals surface area (Å²) in [6, 6.07) is 6.13. The summed E-state index contributed by atoms with van der Waals surface area (Å²) in [5.41, 5.74) is 4.65. The van der Waals surface area contributed by atoms with E-state index in [2.05, 4.69) is 21.4 Å². The zero-order valence-electron chi connectivity index (χ0n) is 14.5. The standard InChI is InChI=1S/C19H22N4O/c1-12-7-13(2)18-16(8-12)17(9-14(3)22-18)19(24)21-10-15(4)23-6-5-20-11-23/h5-9,11,15H,10H2,1-4H3,(H,21,24)/t15-/m0/s1. The number of fused-ring (bicyclic) bond motifs is 1. The summed E-state index contributed by atoms with van der Waals surface area (Å²) in [4.78, 5) is 21.4. The molecular weight excluding hydrogens is 300 g/mol. The molecule has 2 aromatic heterocycles. The van der Waals surface area contributed by atoms with Crippen LogP contribution in [0.25, 0.3) is 10.9 Å². The van der Waals surface area contributed by atoms with Gasteiger partial charge in [-0.15, -0.1) is 0 Å². The zero-order chi connectivity index (χ0) is 17.3. The minimum absolute atomic E-state index is 0.0672.